The molecule has 138 valence electrons. The summed E-state index contributed by atoms with van der Waals surface area (Å²) in [5, 5.41) is 23.0. The van der Waals surface area contributed by atoms with Gasteiger partial charge in [-0.05, 0) is 17.7 Å². The van der Waals surface area contributed by atoms with Crippen LogP contribution in [0.5, 0.6) is 5.75 Å². The molecule has 8 nitrogen and oxygen atoms in total. The zero-order valence-electron chi connectivity index (χ0n) is 14.9. The van der Waals surface area contributed by atoms with Crippen LogP contribution in [-0.2, 0) is 19.0 Å². The summed E-state index contributed by atoms with van der Waals surface area (Å²) in [7, 11) is 4.08. The van der Waals surface area contributed by atoms with Gasteiger partial charge in [-0.2, -0.15) is 0 Å². The topological polar surface area (TPSA) is 110 Å². The van der Waals surface area contributed by atoms with Crippen LogP contribution in [0.1, 0.15) is 25.5 Å². The van der Waals surface area contributed by atoms with E-state index in [0.29, 0.717) is 5.56 Å². The molecule has 1 amide bonds. The van der Waals surface area contributed by atoms with Crippen LogP contribution in [0.4, 0.5) is 0 Å². The highest BCUT2D eigenvalue weighted by molar-refractivity contribution is 5.99. The molecule has 1 aliphatic heterocycles. The number of aliphatic imine (C=N–C) groups is 1. The Kier molecular flexibility index (Phi) is 5.36. The van der Waals surface area contributed by atoms with Crippen molar-refractivity contribution in [3.05, 3.63) is 29.8 Å². The Bertz CT molecular complexity index is 660. The number of aliphatic hydroxyl groups is 1. The number of phenolic OH excluding ortho intramolecular Hbond substituents is 1. The molecule has 0 bridgehead atoms. The van der Waals surface area contributed by atoms with Crippen LogP contribution in [0.3, 0.4) is 0 Å². The van der Waals surface area contributed by atoms with Crippen molar-refractivity contribution in [3.8, 4) is 5.75 Å². The van der Waals surface area contributed by atoms with Gasteiger partial charge in [0.25, 0.3) is 5.91 Å². The molecule has 1 aliphatic rings. The lowest BCUT2D eigenvalue weighted by Crippen LogP contribution is -2.69. The molecule has 8 heteroatoms. The zero-order chi connectivity index (χ0) is 18.8. The molecule has 1 aromatic carbocycles. The van der Waals surface area contributed by atoms with Crippen molar-refractivity contribution in [3.63, 3.8) is 0 Å². The maximum Gasteiger partial charge on any atom is 0.278 e. The molecule has 0 fully saturated rings. The molecule has 1 heterocycles. The molecular weight excluding hydrogens is 328 g/mol. The van der Waals surface area contributed by atoms with Gasteiger partial charge in [-0.3, -0.25) is 4.79 Å². The first-order valence-electron chi connectivity index (χ1n) is 7.81. The first-order valence-corrected chi connectivity index (χ1v) is 7.81. The van der Waals surface area contributed by atoms with Crippen LogP contribution in [0.15, 0.2) is 29.3 Å². The van der Waals surface area contributed by atoms with Crippen molar-refractivity contribution < 1.29 is 29.2 Å². The number of aromatic hydroxyl groups is 1. The molecule has 0 radical (unpaired) electrons. The molecule has 25 heavy (non-hydrogen) atoms. The maximum atomic E-state index is 12.8. The van der Waals surface area contributed by atoms with Crippen molar-refractivity contribution >= 4 is 11.8 Å². The lowest BCUT2D eigenvalue weighted by molar-refractivity contribution is -0.168. The van der Waals surface area contributed by atoms with E-state index in [0.717, 1.165) is 0 Å². The molecule has 0 spiro atoms. The number of nitrogens with one attached hydrogen (secondary N) is 1. The minimum atomic E-state index is -1.72. The van der Waals surface area contributed by atoms with E-state index in [2.05, 4.69) is 10.3 Å². The standard InChI is InChI=1S/C17H24N2O6/c1-10(2)16(24-4)14(22)18-17(25-5,15(19-16)23-3)13(21)11-6-8-12(20)9-7-11/h6-10,13,20-21H,1-5H3,(H,18,22)/t13-,16+,17+/m1/s1. The van der Waals surface area contributed by atoms with E-state index in [1.807, 2.05) is 0 Å². The lowest BCUT2D eigenvalue weighted by Gasteiger charge is -2.45. The van der Waals surface area contributed by atoms with Crippen LogP contribution in [-0.4, -0.2) is 54.8 Å². The molecule has 3 N–H and O–H groups in total. The number of ether oxygens (including phenoxy) is 3. The summed E-state index contributed by atoms with van der Waals surface area (Å²) in [5.41, 5.74) is -2.80. The molecule has 0 saturated heterocycles. The van der Waals surface area contributed by atoms with Gasteiger partial charge >= 0.3 is 0 Å². The molecule has 2 rings (SSSR count). The molecular formula is C17H24N2O6. The van der Waals surface area contributed by atoms with Gasteiger partial charge in [0.15, 0.2) is 0 Å². The van der Waals surface area contributed by atoms with E-state index in [-0.39, 0.29) is 17.6 Å². The fourth-order valence-electron chi connectivity index (χ4n) is 2.89. The van der Waals surface area contributed by atoms with Crippen LogP contribution in [0, 0.1) is 5.92 Å². The SMILES string of the molecule is COC1=N[C@](OC)(C(C)C)C(=O)N[C@]1(OC)[C@H](O)c1ccc(O)cc1. The fourth-order valence-corrected chi connectivity index (χ4v) is 2.89. The number of hydrogen-bond acceptors (Lipinski definition) is 7. The number of carbonyl (C=O) groups is 1. The van der Waals surface area contributed by atoms with Gasteiger partial charge in [0.1, 0.15) is 11.9 Å². The zero-order valence-corrected chi connectivity index (χ0v) is 14.9. The number of rotatable bonds is 5. The number of nitrogens with zero attached hydrogens (tertiary/aromatic N) is 1. The highest BCUT2D eigenvalue weighted by atomic mass is 16.6. The number of phenols is 1. The van der Waals surface area contributed by atoms with E-state index in [4.69, 9.17) is 14.2 Å². The van der Waals surface area contributed by atoms with Gasteiger partial charge < -0.3 is 29.7 Å². The third kappa shape index (κ3) is 2.97. The lowest BCUT2D eigenvalue weighted by atomic mass is 9.91. The van der Waals surface area contributed by atoms with E-state index < -0.39 is 23.5 Å². The van der Waals surface area contributed by atoms with Crippen molar-refractivity contribution in [2.24, 2.45) is 10.9 Å². The Hall–Kier alpha value is -2.16. The number of amides is 1. The van der Waals surface area contributed by atoms with Gasteiger partial charge in [0.2, 0.25) is 17.3 Å². The second-order valence-electron chi connectivity index (χ2n) is 6.06. The quantitative estimate of drug-likeness (QED) is 0.728. The highest BCUT2D eigenvalue weighted by Gasteiger charge is 2.57. The summed E-state index contributed by atoms with van der Waals surface area (Å²) in [6, 6.07) is 5.87. The number of hydrogen-bond donors (Lipinski definition) is 3. The Labute approximate surface area is 146 Å². The predicted molar refractivity (Wildman–Crippen MR) is 90.0 cm³/mol. The molecule has 3 atom stereocenters. The Morgan fingerprint density at radius 2 is 1.72 bits per heavy atom. The summed E-state index contributed by atoms with van der Waals surface area (Å²) in [6.07, 6.45) is -1.33. The van der Waals surface area contributed by atoms with Gasteiger partial charge in [0, 0.05) is 20.1 Å². The smallest absolute Gasteiger partial charge is 0.278 e. The van der Waals surface area contributed by atoms with E-state index in [1.165, 1.54) is 45.6 Å². The van der Waals surface area contributed by atoms with Crippen molar-refractivity contribution in [1.82, 2.24) is 5.32 Å². The largest absolute Gasteiger partial charge is 0.508 e. The fraction of sp³-hybridized carbons (Fsp3) is 0.529. The summed E-state index contributed by atoms with van der Waals surface area (Å²) < 4.78 is 16.2. The van der Waals surface area contributed by atoms with E-state index in [9.17, 15) is 15.0 Å². The average molecular weight is 352 g/mol. The number of aliphatic hydroxyl groups excluding tert-OH is 1. The molecule has 0 saturated carbocycles. The van der Waals surface area contributed by atoms with E-state index in [1.54, 1.807) is 13.8 Å². The first kappa shape index (κ1) is 19.2. The second-order valence-corrected chi connectivity index (χ2v) is 6.06. The van der Waals surface area contributed by atoms with Crippen molar-refractivity contribution in [1.29, 1.82) is 0 Å². The Morgan fingerprint density at radius 1 is 1.12 bits per heavy atom. The van der Waals surface area contributed by atoms with E-state index >= 15 is 0 Å². The Morgan fingerprint density at radius 3 is 2.16 bits per heavy atom. The van der Waals surface area contributed by atoms with Gasteiger partial charge in [-0.25, -0.2) is 4.99 Å². The summed E-state index contributed by atoms with van der Waals surface area (Å²) in [5.74, 6) is -0.812. The van der Waals surface area contributed by atoms with Crippen LogP contribution >= 0.6 is 0 Å². The van der Waals surface area contributed by atoms with Crippen molar-refractivity contribution in [2.45, 2.75) is 31.4 Å². The van der Waals surface area contributed by atoms with Crippen LogP contribution in [0.25, 0.3) is 0 Å². The minimum Gasteiger partial charge on any atom is -0.508 e. The minimum absolute atomic E-state index is 0.0225. The number of methoxy groups -OCH3 is 3. The third-order valence-electron chi connectivity index (χ3n) is 4.41. The van der Waals surface area contributed by atoms with Crippen molar-refractivity contribution in [2.75, 3.05) is 21.3 Å². The first-order chi connectivity index (χ1) is 11.8. The van der Waals surface area contributed by atoms with Gasteiger partial charge in [-0.1, -0.05) is 26.0 Å². The monoisotopic (exact) mass is 352 g/mol. The predicted octanol–water partition coefficient (Wildman–Crippen LogP) is 0.942. The molecule has 1 aromatic rings. The maximum absolute atomic E-state index is 12.8. The normalized spacial score (nSPS) is 27.6. The number of carbonyl (C=O) groups excluding carboxylic acids is 1. The molecule has 0 unspecified atom stereocenters. The molecule has 0 aromatic heterocycles. The highest BCUT2D eigenvalue weighted by Crippen LogP contribution is 2.37. The Balaban J connectivity index is 2.58. The van der Waals surface area contributed by atoms with Crippen LogP contribution in [0.2, 0.25) is 0 Å². The van der Waals surface area contributed by atoms with Gasteiger partial charge in [0.05, 0.1) is 7.11 Å². The van der Waals surface area contributed by atoms with Crippen LogP contribution < -0.4 is 5.32 Å². The second kappa shape index (κ2) is 6.99. The summed E-state index contributed by atoms with van der Waals surface area (Å²) in [4.78, 5) is 17.1. The summed E-state index contributed by atoms with van der Waals surface area (Å²) in [6.45, 7) is 3.58. The average Bonchev–Trinajstić information content (AvgIpc) is 2.61. The number of benzene rings is 1. The third-order valence-corrected chi connectivity index (χ3v) is 4.41. The summed E-state index contributed by atoms with van der Waals surface area (Å²) >= 11 is 0. The molecule has 0 aliphatic carbocycles. The van der Waals surface area contributed by atoms with Gasteiger partial charge in [-0.15, -0.1) is 0 Å².